The van der Waals surface area contributed by atoms with Crippen LogP contribution in [0.1, 0.15) is 58.3 Å². The molecule has 2 aliphatic heterocycles. The van der Waals surface area contributed by atoms with Crippen molar-refractivity contribution < 1.29 is 100 Å². The number of quaternary nitrogens is 2. The number of ether oxygens (including phenoxy) is 12. The van der Waals surface area contributed by atoms with Gasteiger partial charge in [0.15, 0.2) is 46.0 Å². The van der Waals surface area contributed by atoms with Crippen LogP contribution in [-0.2, 0) is 44.7 Å². The first-order valence-electron chi connectivity index (χ1n) is 23.5. The summed E-state index contributed by atoms with van der Waals surface area (Å²) >= 11 is 0. The van der Waals surface area contributed by atoms with Crippen LogP contribution >= 0.6 is 0 Å². The van der Waals surface area contributed by atoms with Gasteiger partial charge in [0.25, 0.3) is 0 Å². The van der Waals surface area contributed by atoms with E-state index in [1.807, 2.05) is 30.3 Å². The zero-order chi connectivity index (χ0) is 50.6. The van der Waals surface area contributed by atoms with Crippen molar-refractivity contribution in [3.05, 3.63) is 94.1 Å². The van der Waals surface area contributed by atoms with Gasteiger partial charge in [0.2, 0.25) is 11.5 Å². The molecule has 396 valence electrons. The highest BCUT2D eigenvalue weighted by molar-refractivity contribution is 5.91. The van der Waals surface area contributed by atoms with Crippen molar-refractivity contribution in [1.82, 2.24) is 0 Å². The number of fused-ring (bicyclic) bond motifs is 2. The maximum Gasteiger partial charge on any atom is 0.331 e. The summed E-state index contributed by atoms with van der Waals surface area (Å²) in [6, 6.07) is 16.1. The number of benzene rings is 4. The first-order valence-corrected chi connectivity index (χ1v) is 23.5. The maximum absolute atomic E-state index is 12.9. The van der Waals surface area contributed by atoms with Gasteiger partial charge in [-0.1, -0.05) is 6.07 Å². The number of halogens is 2. The van der Waals surface area contributed by atoms with Crippen molar-refractivity contribution >= 4 is 11.9 Å². The Hall–Kier alpha value is -5.94. The van der Waals surface area contributed by atoms with Gasteiger partial charge in [0, 0.05) is 56.2 Å². The highest BCUT2D eigenvalue weighted by Crippen LogP contribution is 2.51. The van der Waals surface area contributed by atoms with E-state index < -0.39 is 11.9 Å². The van der Waals surface area contributed by atoms with Gasteiger partial charge in [-0.25, -0.2) is 9.59 Å². The lowest BCUT2D eigenvalue weighted by Crippen LogP contribution is -3.00. The molecule has 4 aromatic carbocycles. The number of rotatable bonds is 24. The fourth-order valence-electron chi connectivity index (χ4n) is 10.3. The monoisotopic (exact) mass is 1040 g/mol. The second-order valence-corrected chi connectivity index (χ2v) is 18.0. The summed E-state index contributed by atoms with van der Waals surface area (Å²) in [5.74, 6) is 4.87. The number of carbonyl (C=O) groups is 2. The highest BCUT2D eigenvalue weighted by atomic mass is 35.5. The molecular formula is C54H72Cl2N2O14. The largest absolute Gasteiger partial charge is 1.00 e. The molecule has 0 bridgehead atoms. The van der Waals surface area contributed by atoms with E-state index in [1.165, 1.54) is 11.1 Å². The molecule has 2 heterocycles. The minimum atomic E-state index is -0.619. The van der Waals surface area contributed by atoms with Crippen LogP contribution in [0.15, 0.2) is 60.7 Å². The molecule has 1 unspecified atom stereocenters. The zero-order valence-corrected chi connectivity index (χ0v) is 45.3. The second-order valence-electron chi connectivity index (χ2n) is 18.0. The Morgan fingerprint density at radius 3 is 1.43 bits per heavy atom. The van der Waals surface area contributed by atoms with Gasteiger partial charge in [-0.3, -0.25) is 0 Å². The fourth-order valence-corrected chi connectivity index (χ4v) is 10.3. The number of nitrogens with zero attached hydrogens (tertiary/aromatic N) is 2. The summed E-state index contributed by atoms with van der Waals surface area (Å²) < 4.78 is 69.8. The van der Waals surface area contributed by atoms with Gasteiger partial charge < -0.3 is 90.6 Å². The molecule has 2 aliphatic rings. The maximum atomic E-state index is 12.9. The van der Waals surface area contributed by atoms with Crippen molar-refractivity contribution in [3.8, 4) is 57.5 Å². The summed E-state index contributed by atoms with van der Waals surface area (Å²) in [6.45, 7) is 3.43. The molecule has 0 saturated heterocycles. The van der Waals surface area contributed by atoms with Crippen molar-refractivity contribution in [3.63, 3.8) is 0 Å². The Morgan fingerprint density at radius 1 is 0.486 bits per heavy atom. The van der Waals surface area contributed by atoms with E-state index in [-0.39, 0.29) is 50.1 Å². The molecule has 0 N–H and O–H groups in total. The molecule has 0 radical (unpaired) electrons. The lowest BCUT2D eigenvalue weighted by atomic mass is 9.85. The summed E-state index contributed by atoms with van der Waals surface area (Å²) in [4.78, 5) is 25.8. The lowest BCUT2D eigenvalue weighted by molar-refractivity contribution is -0.941. The van der Waals surface area contributed by atoms with E-state index >= 15 is 0 Å². The topological polar surface area (TPSA) is 145 Å². The van der Waals surface area contributed by atoms with Crippen molar-refractivity contribution in [1.29, 1.82) is 0 Å². The summed E-state index contributed by atoms with van der Waals surface area (Å²) in [5.41, 5.74) is 6.61. The fraction of sp³-hybridized carbons (Fsp3) is 0.481. The third-order valence-electron chi connectivity index (χ3n) is 14.1. The summed E-state index contributed by atoms with van der Waals surface area (Å²) in [5, 5.41) is 0. The molecule has 72 heavy (non-hydrogen) atoms. The average Bonchev–Trinajstić information content (AvgIpc) is 3.38. The molecule has 0 spiro atoms. The Bertz CT molecular complexity index is 2480. The molecule has 0 amide bonds. The number of carbonyl (C=O) groups excluding carboxylic acids is 2. The van der Waals surface area contributed by atoms with Crippen molar-refractivity contribution in [2.24, 2.45) is 0 Å². The number of esters is 2. The van der Waals surface area contributed by atoms with Crippen LogP contribution in [0.5, 0.6) is 57.5 Å². The van der Waals surface area contributed by atoms with Gasteiger partial charge in [-0.2, -0.15) is 0 Å². The Morgan fingerprint density at radius 2 is 0.917 bits per heavy atom. The number of likely N-dealkylation sites (N-methyl/N-ethyl adjacent to an activating group) is 2. The molecule has 0 aliphatic carbocycles. The van der Waals surface area contributed by atoms with E-state index in [2.05, 4.69) is 32.3 Å². The summed E-state index contributed by atoms with van der Waals surface area (Å²) in [7, 11) is 20.7. The predicted molar refractivity (Wildman–Crippen MR) is 264 cm³/mol. The van der Waals surface area contributed by atoms with Crippen LogP contribution in [0.4, 0.5) is 0 Å². The predicted octanol–water partition coefficient (Wildman–Crippen LogP) is 1.48. The van der Waals surface area contributed by atoms with Gasteiger partial charge in [0.05, 0.1) is 130 Å². The molecule has 16 nitrogen and oxygen atoms in total. The third-order valence-corrected chi connectivity index (χ3v) is 14.1. The Kier molecular flexibility index (Phi) is 21.7. The molecular weight excluding hydrogens is 971 g/mol. The van der Waals surface area contributed by atoms with Gasteiger partial charge in [-0.05, 0) is 64.7 Å². The van der Waals surface area contributed by atoms with E-state index in [4.69, 9.17) is 56.8 Å². The minimum absolute atomic E-state index is 0. The highest BCUT2D eigenvalue weighted by Gasteiger charge is 2.43. The number of hydrogen-bond donors (Lipinski definition) is 0. The van der Waals surface area contributed by atoms with E-state index in [0.717, 1.165) is 73.3 Å². The van der Waals surface area contributed by atoms with Crippen LogP contribution in [0.25, 0.3) is 0 Å². The van der Waals surface area contributed by atoms with Crippen LogP contribution in [0, 0.1) is 0 Å². The Labute approximate surface area is 437 Å². The molecule has 6 rings (SSSR count). The molecule has 0 saturated carbocycles. The molecule has 4 atom stereocenters. The number of hydrogen-bond acceptors (Lipinski definition) is 14. The van der Waals surface area contributed by atoms with Crippen molar-refractivity contribution in [2.75, 3.05) is 125 Å². The lowest BCUT2D eigenvalue weighted by Gasteiger charge is -2.46. The van der Waals surface area contributed by atoms with Gasteiger partial charge >= 0.3 is 11.9 Å². The Balaban J connectivity index is 0.00000562. The minimum Gasteiger partial charge on any atom is -1.00 e. The van der Waals surface area contributed by atoms with E-state index in [9.17, 15) is 9.59 Å². The van der Waals surface area contributed by atoms with Crippen LogP contribution in [0.2, 0.25) is 0 Å². The van der Waals surface area contributed by atoms with Crippen LogP contribution < -0.4 is 72.2 Å². The first-order chi connectivity index (χ1) is 33.8. The van der Waals surface area contributed by atoms with Gasteiger partial charge in [0.1, 0.15) is 12.1 Å². The first kappa shape index (κ1) is 58.6. The van der Waals surface area contributed by atoms with E-state index in [0.29, 0.717) is 92.3 Å². The second kappa shape index (κ2) is 26.7. The SMILES string of the molecule is COc1ccc(C[C@@H]2c3cc(OC)c(OC)cc3CC[N+]2(C)CCCOC(=O)/C=C/C(=O)OCCC[N@+]2(C)CCc3cc(OC)c(OC)c(OC)c3[C@H]2Cc2cc(OC)c(OC)c(OC)c2)cc1OC.[Cl-].[Cl-]. The smallest absolute Gasteiger partial charge is 0.331 e. The van der Waals surface area contributed by atoms with Crippen molar-refractivity contribution in [2.45, 2.75) is 50.6 Å². The zero-order valence-electron chi connectivity index (χ0n) is 43.8. The quantitative estimate of drug-likeness (QED) is 0.0433. The molecule has 4 aromatic rings. The molecule has 18 heteroatoms. The normalized spacial score (nSPS) is 18.7. The molecule has 0 aromatic heterocycles. The van der Waals surface area contributed by atoms with E-state index in [1.54, 1.807) is 71.1 Å². The van der Waals surface area contributed by atoms with Crippen LogP contribution in [-0.4, -0.2) is 145 Å². The van der Waals surface area contributed by atoms with Crippen LogP contribution in [0.3, 0.4) is 0 Å². The standard InChI is InChI=1S/C54H72N2O14.2ClH/c1-55(23-19-37-32-44(61-5)45(62-6)34-39(37)40(55)27-35-15-16-42(59-3)43(29-35)60-4)21-13-25-69-49(57)17-18-50(58)70-26-14-22-56(2)24-20-38-33-48(65-9)53(67-11)54(68-12)51(38)41(56)28-36-30-46(63-7)52(66-10)47(31-36)64-8;;/h15-18,29-34,40-41H,13-14,19-28H2,1-12H3;2*1H/q+2;;/p-2/b18-17+;;/t40-,41-,55?,56-;;/m1../s1. The number of methoxy groups -OCH3 is 10. The summed E-state index contributed by atoms with van der Waals surface area (Å²) in [6.07, 6.45) is 6.36. The van der Waals surface area contributed by atoms with Gasteiger partial charge in [-0.15, -0.1) is 0 Å². The average molecular weight is 1040 g/mol. The third kappa shape index (κ3) is 13.0. The molecule has 0 fully saturated rings.